The number of hydrogen-bond acceptors (Lipinski definition) is 3. The highest BCUT2D eigenvalue weighted by Crippen LogP contribution is 2.09. The molecular weight excluding hydrogens is 168 g/mol. The Hall–Kier alpha value is -0.610. The normalized spacial score (nSPS) is 12.8. The van der Waals surface area contributed by atoms with E-state index < -0.39 is 11.1 Å². The van der Waals surface area contributed by atoms with Crippen molar-refractivity contribution in [2.75, 3.05) is 6.61 Å². The van der Waals surface area contributed by atoms with Crippen molar-refractivity contribution >= 4 is 5.91 Å². The first-order valence-corrected chi connectivity index (χ1v) is 4.41. The molecule has 1 amide bonds. The fourth-order valence-electron chi connectivity index (χ4n) is 0.810. The van der Waals surface area contributed by atoms with Crippen LogP contribution in [0.3, 0.4) is 0 Å². The second-order valence-electron chi connectivity index (χ2n) is 4.53. The lowest BCUT2D eigenvalue weighted by atomic mass is 9.98. The zero-order valence-corrected chi connectivity index (χ0v) is 8.85. The minimum Gasteiger partial charge on any atom is -0.396 e. The molecule has 0 spiro atoms. The maximum absolute atomic E-state index is 11.4. The summed E-state index contributed by atoms with van der Waals surface area (Å²) >= 11 is 0. The Balaban J connectivity index is 4.20. The van der Waals surface area contributed by atoms with Crippen molar-refractivity contribution in [2.24, 2.45) is 5.73 Å². The molecule has 0 rings (SSSR count). The highest BCUT2D eigenvalue weighted by Gasteiger charge is 2.27. The smallest absolute Gasteiger partial charge is 0.239 e. The average molecular weight is 188 g/mol. The van der Waals surface area contributed by atoms with Crippen LogP contribution >= 0.6 is 0 Å². The molecule has 0 unspecified atom stereocenters. The van der Waals surface area contributed by atoms with Crippen molar-refractivity contribution in [3.63, 3.8) is 0 Å². The predicted molar refractivity (Wildman–Crippen MR) is 52.2 cm³/mol. The lowest BCUT2D eigenvalue weighted by molar-refractivity contribution is -0.127. The second-order valence-corrected chi connectivity index (χ2v) is 4.53. The van der Waals surface area contributed by atoms with Crippen LogP contribution in [0.2, 0.25) is 0 Å². The lowest BCUT2D eigenvalue weighted by Crippen LogP contribution is -2.55. The Morgan fingerprint density at radius 2 is 1.85 bits per heavy atom. The van der Waals surface area contributed by atoms with Crippen LogP contribution < -0.4 is 11.1 Å². The number of nitrogens with one attached hydrogen (secondary N) is 1. The molecule has 0 radical (unpaired) electrons. The SMILES string of the molecule is CC(C)(CCO)NC(=O)C(C)(C)N. The van der Waals surface area contributed by atoms with Gasteiger partial charge in [-0.15, -0.1) is 0 Å². The van der Waals surface area contributed by atoms with E-state index >= 15 is 0 Å². The van der Waals surface area contributed by atoms with Gasteiger partial charge >= 0.3 is 0 Å². The Bertz CT molecular complexity index is 183. The molecule has 0 saturated heterocycles. The molecule has 0 bridgehead atoms. The van der Waals surface area contributed by atoms with Crippen molar-refractivity contribution in [1.29, 1.82) is 0 Å². The number of nitrogens with two attached hydrogens (primary N) is 1. The molecule has 0 heterocycles. The van der Waals surface area contributed by atoms with Crippen molar-refractivity contribution in [3.8, 4) is 0 Å². The Labute approximate surface area is 79.5 Å². The van der Waals surface area contributed by atoms with Gasteiger partial charge in [0.25, 0.3) is 0 Å². The van der Waals surface area contributed by atoms with E-state index in [9.17, 15) is 4.79 Å². The monoisotopic (exact) mass is 188 g/mol. The van der Waals surface area contributed by atoms with Gasteiger partial charge in [-0.25, -0.2) is 0 Å². The molecule has 78 valence electrons. The van der Waals surface area contributed by atoms with Gasteiger partial charge in [0.2, 0.25) is 5.91 Å². The minimum atomic E-state index is -0.868. The van der Waals surface area contributed by atoms with Gasteiger partial charge in [-0.05, 0) is 34.1 Å². The van der Waals surface area contributed by atoms with E-state index in [0.29, 0.717) is 6.42 Å². The summed E-state index contributed by atoms with van der Waals surface area (Å²) in [7, 11) is 0. The van der Waals surface area contributed by atoms with E-state index in [-0.39, 0.29) is 12.5 Å². The number of rotatable bonds is 4. The predicted octanol–water partition coefficient (Wildman–Crippen LogP) is 0.000900. The zero-order valence-electron chi connectivity index (χ0n) is 8.85. The summed E-state index contributed by atoms with van der Waals surface area (Å²) in [5.41, 5.74) is 4.34. The molecule has 4 nitrogen and oxygen atoms in total. The fourth-order valence-corrected chi connectivity index (χ4v) is 0.810. The van der Waals surface area contributed by atoms with Gasteiger partial charge in [0, 0.05) is 12.1 Å². The third-order valence-corrected chi connectivity index (χ3v) is 1.77. The van der Waals surface area contributed by atoms with Crippen LogP contribution in [0.25, 0.3) is 0 Å². The van der Waals surface area contributed by atoms with Gasteiger partial charge < -0.3 is 16.2 Å². The fraction of sp³-hybridized carbons (Fsp3) is 0.889. The first kappa shape index (κ1) is 12.4. The van der Waals surface area contributed by atoms with Crippen LogP contribution in [0, 0.1) is 0 Å². The van der Waals surface area contributed by atoms with Gasteiger partial charge in [-0.1, -0.05) is 0 Å². The van der Waals surface area contributed by atoms with Crippen LogP contribution in [-0.2, 0) is 4.79 Å². The molecule has 0 aromatic carbocycles. The molecule has 4 heteroatoms. The van der Waals surface area contributed by atoms with E-state index in [1.807, 2.05) is 13.8 Å². The van der Waals surface area contributed by atoms with E-state index in [4.69, 9.17) is 10.8 Å². The number of hydrogen-bond donors (Lipinski definition) is 3. The van der Waals surface area contributed by atoms with Crippen LogP contribution in [0.15, 0.2) is 0 Å². The van der Waals surface area contributed by atoms with Crippen molar-refractivity contribution in [3.05, 3.63) is 0 Å². The molecule has 13 heavy (non-hydrogen) atoms. The number of carbonyl (C=O) groups is 1. The standard InChI is InChI=1S/C9H20N2O2/c1-8(2,5-6-12)11-7(13)9(3,4)10/h12H,5-6,10H2,1-4H3,(H,11,13). The highest BCUT2D eigenvalue weighted by atomic mass is 16.3. The second kappa shape index (κ2) is 4.07. The van der Waals surface area contributed by atoms with Gasteiger partial charge in [-0.3, -0.25) is 4.79 Å². The summed E-state index contributed by atoms with van der Waals surface area (Å²) < 4.78 is 0. The molecule has 0 saturated carbocycles. The molecule has 0 fully saturated rings. The van der Waals surface area contributed by atoms with Crippen molar-refractivity contribution < 1.29 is 9.90 Å². The number of carbonyl (C=O) groups excluding carboxylic acids is 1. The van der Waals surface area contributed by atoms with Crippen molar-refractivity contribution in [1.82, 2.24) is 5.32 Å². The van der Waals surface area contributed by atoms with E-state index in [0.717, 1.165) is 0 Å². The van der Waals surface area contributed by atoms with Gasteiger partial charge in [-0.2, -0.15) is 0 Å². The maximum Gasteiger partial charge on any atom is 0.239 e. The van der Waals surface area contributed by atoms with Gasteiger partial charge in [0.15, 0.2) is 0 Å². The molecule has 0 aromatic rings. The molecule has 0 aliphatic carbocycles. The Morgan fingerprint density at radius 3 is 2.15 bits per heavy atom. The van der Waals surface area contributed by atoms with Crippen LogP contribution in [-0.4, -0.2) is 28.7 Å². The molecule has 0 atom stereocenters. The highest BCUT2D eigenvalue weighted by molar-refractivity contribution is 5.85. The maximum atomic E-state index is 11.4. The van der Waals surface area contributed by atoms with E-state index in [1.54, 1.807) is 13.8 Å². The summed E-state index contributed by atoms with van der Waals surface area (Å²) in [6.45, 7) is 7.06. The summed E-state index contributed by atoms with van der Waals surface area (Å²) in [5, 5.41) is 11.5. The largest absolute Gasteiger partial charge is 0.396 e. The summed E-state index contributed by atoms with van der Waals surface area (Å²) in [5.74, 6) is -0.203. The molecule has 0 aromatic heterocycles. The lowest BCUT2D eigenvalue weighted by Gasteiger charge is -2.29. The summed E-state index contributed by atoms with van der Waals surface area (Å²) in [4.78, 5) is 11.4. The van der Waals surface area contributed by atoms with Crippen LogP contribution in [0.5, 0.6) is 0 Å². The number of aliphatic hydroxyl groups excluding tert-OH is 1. The number of aliphatic hydroxyl groups is 1. The summed E-state index contributed by atoms with van der Waals surface area (Å²) in [6, 6.07) is 0. The van der Waals surface area contributed by atoms with Crippen molar-refractivity contribution in [2.45, 2.75) is 45.2 Å². The minimum absolute atomic E-state index is 0.0538. The Morgan fingerprint density at radius 1 is 1.38 bits per heavy atom. The van der Waals surface area contributed by atoms with Gasteiger partial charge in [0.05, 0.1) is 5.54 Å². The summed E-state index contributed by atoms with van der Waals surface area (Å²) in [6.07, 6.45) is 0.523. The van der Waals surface area contributed by atoms with Crippen LogP contribution in [0.1, 0.15) is 34.1 Å². The topological polar surface area (TPSA) is 75.3 Å². The third-order valence-electron chi connectivity index (χ3n) is 1.77. The van der Waals surface area contributed by atoms with Gasteiger partial charge in [0.1, 0.15) is 0 Å². The third kappa shape index (κ3) is 4.85. The molecule has 0 aliphatic heterocycles. The first-order chi connectivity index (χ1) is 5.69. The molecular formula is C9H20N2O2. The molecule has 4 N–H and O–H groups in total. The van der Waals surface area contributed by atoms with Crippen LogP contribution in [0.4, 0.5) is 0 Å². The molecule has 0 aliphatic rings. The first-order valence-electron chi connectivity index (χ1n) is 4.41. The Kier molecular flexibility index (Phi) is 3.88. The average Bonchev–Trinajstić information content (AvgIpc) is 1.83. The number of amides is 1. The van der Waals surface area contributed by atoms with E-state index in [1.165, 1.54) is 0 Å². The quantitative estimate of drug-likeness (QED) is 0.581. The van der Waals surface area contributed by atoms with E-state index in [2.05, 4.69) is 5.32 Å². The zero-order chi connectivity index (χ0) is 10.7.